The van der Waals surface area contributed by atoms with Crippen LogP contribution in [-0.4, -0.2) is 53.8 Å². The topological polar surface area (TPSA) is 105 Å². The number of nitrogens with zero attached hydrogens (tertiary/aromatic N) is 2. The molecule has 0 radical (unpaired) electrons. The minimum absolute atomic E-state index is 0.181. The van der Waals surface area contributed by atoms with E-state index >= 15 is 0 Å². The molecule has 2 heterocycles. The number of benzene rings is 1. The molecule has 1 fully saturated rings. The van der Waals surface area contributed by atoms with E-state index in [9.17, 15) is 14.4 Å². The van der Waals surface area contributed by atoms with E-state index < -0.39 is 6.04 Å². The van der Waals surface area contributed by atoms with Gasteiger partial charge in [-0.1, -0.05) is 35.0 Å². The zero-order valence-corrected chi connectivity index (χ0v) is 18.0. The number of hydrogen-bond acceptors (Lipinski definition) is 6. The van der Waals surface area contributed by atoms with Crippen molar-refractivity contribution in [3.05, 3.63) is 41.7 Å². The van der Waals surface area contributed by atoms with Crippen LogP contribution in [0.1, 0.15) is 38.0 Å². The summed E-state index contributed by atoms with van der Waals surface area (Å²) in [4.78, 5) is 34.8. The number of nitrogens with one attached hydrogen (secondary N) is 2. The largest absolute Gasteiger partial charge is 0.359 e. The van der Waals surface area contributed by atoms with Gasteiger partial charge in [0.15, 0.2) is 5.76 Å². The smallest absolute Gasteiger partial charge is 0.245 e. The summed E-state index contributed by atoms with van der Waals surface area (Å²) in [6.07, 6.45) is 2.37. The first-order valence-corrected chi connectivity index (χ1v) is 10.1. The van der Waals surface area contributed by atoms with Gasteiger partial charge in [0, 0.05) is 25.1 Å². The molecule has 0 saturated carbocycles. The fourth-order valence-electron chi connectivity index (χ4n) is 3.25. The number of rotatable bonds is 6. The third-order valence-electron chi connectivity index (χ3n) is 4.79. The average Bonchev–Trinajstić information content (AvgIpc) is 3.37. The minimum Gasteiger partial charge on any atom is -0.359 e. The van der Waals surface area contributed by atoms with E-state index in [1.807, 2.05) is 13.1 Å². The van der Waals surface area contributed by atoms with Crippen LogP contribution in [0.4, 0.5) is 0 Å². The highest BCUT2D eigenvalue weighted by molar-refractivity contribution is 5.88. The SMILES string of the molecule is CC(=O)N[C@@H](C)C(=O)N1CCCC1C=O.CNCc1cc(-c2ccc(C)cc2)no1. The quantitative estimate of drug-likeness (QED) is 0.701. The zero-order chi connectivity index (χ0) is 22.1. The third kappa shape index (κ3) is 6.52. The predicted octanol–water partition coefficient (Wildman–Crippen LogP) is 2.07. The number of likely N-dealkylation sites (tertiary alicyclic amines) is 1. The number of carbonyl (C=O) groups is 3. The fraction of sp³-hybridized carbons (Fsp3) is 0.455. The Morgan fingerprint density at radius 1 is 1.33 bits per heavy atom. The Hall–Kier alpha value is -3.00. The molecule has 0 bridgehead atoms. The second-order valence-corrected chi connectivity index (χ2v) is 7.37. The van der Waals surface area contributed by atoms with Gasteiger partial charge in [0.2, 0.25) is 11.8 Å². The van der Waals surface area contributed by atoms with E-state index in [2.05, 4.69) is 47.0 Å². The minimum atomic E-state index is -0.553. The van der Waals surface area contributed by atoms with E-state index in [4.69, 9.17) is 4.52 Å². The van der Waals surface area contributed by atoms with Crippen molar-refractivity contribution in [2.45, 2.75) is 52.2 Å². The fourth-order valence-corrected chi connectivity index (χ4v) is 3.25. The summed E-state index contributed by atoms with van der Waals surface area (Å²) in [5.41, 5.74) is 3.23. The lowest BCUT2D eigenvalue weighted by Crippen LogP contribution is -2.48. The summed E-state index contributed by atoms with van der Waals surface area (Å²) in [6, 6.07) is 9.34. The molecule has 2 atom stereocenters. The van der Waals surface area contributed by atoms with Gasteiger partial charge < -0.3 is 24.9 Å². The van der Waals surface area contributed by atoms with Gasteiger partial charge >= 0.3 is 0 Å². The molecule has 1 saturated heterocycles. The van der Waals surface area contributed by atoms with Gasteiger partial charge in [-0.05, 0) is 33.7 Å². The maximum Gasteiger partial charge on any atom is 0.245 e. The molecule has 1 aliphatic heterocycles. The molecular weight excluding hydrogens is 384 g/mol. The lowest BCUT2D eigenvalue weighted by Gasteiger charge is -2.24. The van der Waals surface area contributed by atoms with Crippen molar-refractivity contribution in [2.75, 3.05) is 13.6 Å². The number of aromatic nitrogens is 1. The summed E-state index contributed by atoms with van der Waals surface area (Å²) in [5.74, 6) is 0.436. The molecule has 8 nitrogen and oxygen atoms in total. The molecule has 1 aromatic heterocycles. The number of carbonyl (C=O) groups excluding carboxylic acids is 3. The predicted molar refractivity (Wildman–Crippen MR) is 114 cm³/mol. The molecule has 1 aliphatic rings. The van der Waals surface area contributed by atoms with Gasteiger partial charge in [-0.25, -0.2) is 0 Å². The maximum atomic E-state index is 11.8. The van der Waals surface area contributed by atoms with E-state index in [0.29, 0.717) is 13.1 Å². The highest BCUT2D eigenvalue weighted by atomic mass is 16.5. The lowest BCUT2D eigenvalue weighted by atomic mass is 10.1. The maximum absolute atomic E-state index is 11.8. The van der Waals surface area contributed by atoms with Crippen molar-refractivity contribution < 1.29 is 18.9 Å². The number of hydrogen-bond donors (Lipinski definition) is 2. The molecule has 30 heavy (non-hydrogen) atoms. The van der Waals surface area contributed by atoms with Crippen molar-refractivity contribution in [1.29, 1.82) is 0 Å². The molecule has 2 aromatic rings. The van der Waals surface area contributed by atoms with Crippen LogP contribution in [0.2, 0.25) is 0 Å². The summed E-state index contributed by atoms with van der Waals surface area (Å²) < 4.78 is 5.18. The second-order valence-electron chi connectivity index (χ2n) is 7.37. The number of aryl methyl sites for hydroxylation is 1. The standard InChI is InChI=1S/C12H14N2O.C10H16N2O3/c1-9-3-5-10(6-4-9)12-7-11(8-13-2)15-14-12;1-7(11-8(2)14)10(15)12-5-3-4-9(12)6-13/h3-7,13H,8H2,1-2H3;6-7,9H,3-5H2,1-2H3,(H,11,14)/t;7-,9?/m.0/s1. The molecule has 3 rings (SSSR count). The lowest BCUT2D eigenvalue weighted by molar-refractivity contribution is -0.137. The highest BCUT2D eigenvalue weighted by Crippen LogP contribution is 2.19. The average molecular weight is 415 g/mol. The van der Waals surface area contributed by atoms with Gasteiger partial charge in [0.05, 0.1) is 12.6 Å². The van der Waals surface area contributed by atoms with Crippen molar-refractivity contribution in [2.24, 2.45) is 0 Å². The van der Waals surface area contributed by atoms with Crippen LogP contribution in [0, 0.1) is 6.92 Å². The number of amides is 2. The van der Waals surface area contributed by atoms with Crippen LogP contribution in [0.15, 0.2) is 34.9 Å². The third-order valence-corrected chi connectivity index (χ3v) is 4.79. The van der Waals surface area contributed by atoms with Crippen LogP contribution in [0.5, 0.6) is 0 Å². The van der Waals surface area contributed by atoms with E-state index in [0.717, 1.165) is 36.1 Å². The molecule has 162 valence electrons. The Kier molecular flexibility index (Phi) is 8.73. The Morgan fingerprint density at radius 2 is 2.03 bits per heavy atom. The summed E-state index contributed by atoms with van der Waals surface area (Å²) >= 11 is 0. The Labute approximate surface area is 177 Å². The first-order valence-electron chi connectivity index (χ1n) is 10.1. The Balaban J connectivity index is 0.000000214. The molecule has 0 aliphatic carbocycles. The molecule has 1 aromatic carbocycles. The van der Waals surface area contributed by atoms with Crippen molar-refractivity contribution >= 4 is 18.1 Å². The van der Waals surface area contributed by atoms with Crippen LogP contribution in [0.25, 0.3) is 11.3 Å². The highest BCUT2D eigenvalue weighted by Gasteiger charge is 2.31. The van der Waals surface area contributed by atoms with Gasteiger partial charge in [-0.15, -0.1) is 0 Å². The summed E-state index contributed by atoms with van der Waals surface area (Å²) in [5, 5.41) is 9.56. The van der Waals surface area contributed by atoms with Crippen LogP contribution >= 0.6 is 0 Å². The molecule has 2 amide bonds. The zero-order valence-electron chi connectivity index (χ0n) is 18.0. The van der Waals surface area contributed by atoms with Gasteiger partial charge in [-0.3, -0.25) is 9.59 Å². The van der Waals surface area contributed by atoms with Crippen LogP contribution < -0.4 is 10.6 Å². The molecule has 0 spiro atoms. The summed E-state index contributed by atoms with van der Waals surface area (Å²) in [7, 11) is 1.88. The van der Waals surface area contributed by atoms with Crippen molar-refractivity contribution in [3.8, 4) is 11.3 Å². The monoisotopic (exact) mass is 414 g/mol. The van der Waals surface area contributed by atoms with Gasteiger partial charge in [-0.2, -0.15) is 0 Å². The molecule has 1 unspecified atom stereocenters. The molecule has 8 heteroatoms. The summed E-state index contributed by atoms with van der Waals surface area (Å²) in [6.45, 7) is 6.37. The van der Waals surface area contributed by atoms with E-state index in [1.54, 1.807) is 6.92 Å². The molecule has 2 N–H and O–H groups in total. The van der Waals surface area contributed by atoms with Crippen molar-refractivity contribution in [1.82, 2.24) is 20.7 Å². The normalized spacial score (nSPS) is 16.4. The van der Waals surface area contributed by atoms with Gasteiger partial charge in [0.1, 0.15) is 18.0 Å². The van der Waals surface area contributed by atoms with Crippen molar-refractivity contribution in [3.63, 3.8) is 0 Å². The second kappa shape index (κ2) is 11.3. The van der Waals surface area contributed by atoms with Gasteiger partial charge in [0.25, 0.3) is 0 Å². The Bertz CT molecular complexity index is 847. The number of aldehydes is 1. The van der Waals surface area contributed by atoms with E-state index in [-0.39, 0.29) is 17.9 Å². The van der Waals surface area contributed by atoms with Crippen LogP contribution in [0.3, 0.4) is 0 Å². The first kappa shape index (κ1) is 23.3. The van der Waals surface area contributed by atoms with Crippen LogP contribution in [-0.2, 0) is 20.9 Å². The molecular formula is C22H30N4O4. The Morgan fingerprint density at radius 3 is 2.63 bits per heavy atom. The first-order chi connectivity index (χ1) is 14.3. The van der Waals surface area contributed by atoms with E-state index in [1.165, 1.54) is 17.4 Å².